The summed E-state index contributed by atoms with van der Waals surface area (Å²) < 4.78 is 41.5. The predicted octanol–water partition coefficient (Wildman–Crippen LogP) is -2.12. The largest absolute Gasteiger partial charge is 0.389 e. The van der Waals surface area contributed by atoms with Crippen molar-refractivity contribution in [3.05, 3.63) is 72.3 Å². The lowest BCUT2D eigenvalue weighted by Gasteiger charge is -2.39. The summed E-state index contributed by atoms with van der Waals surface area (Å²) in [6.45, 7) is 0.586. The Hall–Kier alpha value is -3.73. The molecule has 19 heteroatoms. The zero-order valence-corrected chi connectivity index (χ0v) is 29.8. The third kappa shape index (κ3) is 8.82. The van der Waals surface area contributed by atoms with Gasteiger partial charge in [0.25, 0.3) is 0 Å². The van der Waals surface area contributed by atoms with E-state index in [1.165, 1.54) is 24.3 Å². The van der Waals surface area contributed by atoms with Crippen molar-refractivity contribution in [1.29, 1.82) is 0 Å². The summed E-state index contributed by atoms with van der Waals surface area (Å²) in [5.41, 5.74) is 26.4. The van der Waals surface area contributed by atoms with Crippen LogP contribution in [0.4, 0.5) is 0 Å². The van der Waals surface area contributed by atoms with Gasteiger partial charge in [-0.3, -0.25) is 0 Å². The molecule has 2 heterocycles. The number of sulfone groups is 1. The van der Waals surface area contributed by atoms with Crippen molar-refractivity contribution < 1.29 is 38.3 Å². The molecule has 0 unspecified atom stereocenters. The van der Waals surface area contributed by atoms with E-state index >= 15 is 0 Å². The molecule has 12 N–H and O–H groups in total. The van der Waals surface area contributed by atoms with Crippen LogP contribution >= 0.6 is 0 Å². The molecule has 0 saturated heterocycles. The normalized spacial score (nSPS) is 29.4. The SMILES string of the molecule is N[C@@H]1C[C@H](N)[C@@H](OCCCc2cn(-c3ccc(S(=O)(=O)c4ccc(-n5cc(CCCO[C@H]6[C@H](O)[C@@H](O)[C@H](N)C[C@@H]6N)nn5)cc4)cc3)nn2)[C@H](O)[C@H]1O. The van der Waals surface area contributed by atoms with Crippen LogP contribution < -0.4 is 22.9 Å². The second kappa shape index (κ2) is 16.7. The van der Waals surface area contributed by atoms with Gasteiger partial charge in [0, 0.05) is 37.4 Å². The first-order chi connectivity index (χ1) is 25.3. The summed E-state index contributed by atoms with van der Waals surface area (Å²) in [4.78, 5) is 0.231. The van der Waals surface area contributed by atoms with Crippen LogP contribution in [0.25, 0.3) is 11.4 Å². The lowest BCUT2D eigenvalue weighted by atomic mass is 9.85. The molecule has 0 bridgehead atoms. The Morgan fingerprint density at radius 2 is 0.981 bits per heavy atom. The van der Waals surface area contributed by atoms with Crippen molar-refractivity contribution in [2.45, 2.75) is 109 Å². The van der Waals surface area contributed by atoms with Gasteiger partial charge in [-0.25, -0.2) is 17.8 Å². The number of rotatable bonds is 14. The van der Waals surface area contributed by atoms with Crippen LogP contribution in [0.2, 0.25) is 0 Å². The fourth-order valence-electron chi connectivity index (χ4n) is 6.74. The molecule has 53 heavy (non-hydrogen) atoms. The topological polar surface area (TPSA) is 299 Å². The Morgan fingerprint density at radius 3 is 1.36 bits per heavy atom. The third-order valence-electron chi connectivity index (χ3n) is 9.86. The number of ether oxygens (including phenoxy) is 2. The lowest BCUT2D eigenvalue weighted by molar-refractivity contribution is -0.127. The Labute approximate surface area is 306 Å². The zero-order valence-electron chi connectivity index (χ0n) is 29.0. The first-order valence-corrected chi connectivity index (χ1v) is 19.1. The van der Waals surface area contributed by atoms with E-state index in [1.54, 1.807) is 46.0 Å². The van der Waals surface area contributed by atoms with Gasteiger partial charge >= 0.3 is 0 Å². The van der Waals surface area contributed by atoms with Crippen LogP contribution in [0, 0.1) is 0 Å². The molecule has 0 aliphatic heterocycles. The van der Waals surface area contributed by atoms with Gasteiger partial charge in [-0.1, -0.05) is 10.4 Å². The quantitative estimate of drug-likeness (QED) is 0.0638. The van der Waals surface area contributed by atoms with Gasteiger partial charge in [-0.05, 0) is 87.1 Å². The molecule has 18 nitrogen and oxygen atoms in total. The number of hydrogen-bond acceptors (Lipinski definition) is 16. The van der Waals surface area contributed by atoms with Crippen molar-refractivity contribution in [3.8, 4) is 11.4 Å². The summed E-state index contributed by atoms with van der Waals surface area (Å²) >= 11 is 0. The van der Waals surface area contributed by atoms with Gasteiger partial charge < -0.3 is 52.8 Å². The highest BCUT2D eigenvalue weighted by atomic mass is 32.2. The van der Waals surface area contributed by atoms with Crippen molar-refractivity contribution in [3.63, 3.8) is 0 Å². The van der Waals surface area contributed by atoms with Crippen molar-refractivity contribution >= 4 is 9.84 Å². The molecule has 4 aromatic rings. The number of nitrogens with zero attached hydrogens (tertiary/aromatic N) is 6. The highest BCUT2D eigenvalue weighted by Gasteiger charge is 2.42. The van der Waals surface area contributed by atoms with E-state index in [4.69, 9.17) is 32.4 Å². The smallest absolute Gasteiger partial charge is 0.206 e. The molecule has 2 fully saturated rings. The number of benzene rings is 2. The molecule has 6 rings (SSSR count). The van der Waals surface area contributed by atoms with E-state index in [0.29, 0.717) is 74.5 Å². The van der Waals surface area contributed by atoms with Gasteiger partial charge in [-0.15, -0.1) is 10.2 Å². The molecule has 2 aromatic heterocycles. The predicted molar refractivity (Wildman–Crippen MR) is 189 cm³/mol. The maximum absolute atomic E-state index is 13.4. The van der Waals surface area contributed by atoms with Gasteiger partial charge in [-0.2, -0.15) is 0 Å². The average molecular weight is 757 g/mol. The van der Waals surface area contributed by atoms with Crippen molar-refractivity contribution in [2.75, 3.05) is 13.2 Å². The van der Waals surface area contributed by atoms with E-state index in [9.17, 15) is 28.8 Å². The first kappa shape index (κ1) is 39.0. The lowest BCUT2D eigenvalue weighted by Crippen LogP contribution is -2.62. The minimum Gasteiger partial charge on any atom is -0.389 e. The molecule has 2 aromatic carbocycles. The molecule has 2 aliphatic rings. The van der Waals surface area contributed by atoms with Crippen molar-refractivity contribution in [1.82, 2.24) is 30.0 Å². The molecule has 0 amide bonds. The van der Waals surface area contributed by atoms with E-state index in [0.717, 1.165) is 0 Å². The van der Waals surface area contributed by atoms with Crippen LogP contribution in [-0.2, 0) is 32.2 Å². The van der Waals surface area contributed by atoms with E-state index in [2.05, 4.69) is 20.6 Å². The minimum absolute atomic E-state index is 0.116. The molecular weight excluding hydrogens is 709 g/mol. The van der Waals surface area contributed by atoms with Gasteiger partial charge in [0.15, 0.2) is 0 Å². The third-order valence-corrected chi connectivity index (χ3v) is 11.6. The summed E-state index contributed by atoms with van der Waals surface area (Å²) in [7, 11) is -3.82. The van der Waals surface area contributed by atoms with Gasteiger partial charge in [0.1, 0.15) is 24.4 Å². The molecule has 2 saturated carbocycles. The second-order valence-electron chi connectivity index (χ2n) is 13.8. The monoisotopic (exact) mass is 756 g/mol. The average Bonchev–Trinajstić information content (AvgIpc) is 3.83. The standard InChI is InChI=1S/C34H48N10O8S/c35-25-15-27(37)33(31(47)29(25)45)51-13-1-3-19-17-43(41-39-19)21-5-9-23(10-6-21)53(49,50)24-11-7-22(8-12-24)44-18-20(40-42-44)4-2-14-52-34-28(38)16-26(36)30(46)32(34)48/h5-12,17-18,25-34,45-48H,1-4,13-16,35-38H2/t25-,26-,27+,28+,29+,30+,31-,32-,33-,34-/m1/s1. The summed E-state index contributed by atoms with van der Waals surface area (Å²) in [6.07, 6.45) is 0.536. The fourth-order valence-corrected chi connectivity index (χ4v) is 8.00. The van der Waals surface area contributed by atoms with Gasteiger partial charge in [0.2, 0.25) is 9.84 Å². The van der Waals surface area contributed by atoms with Crippen LogP contribution in [0.3, 0.4) is 0 Å². The first-order valence-electron chi connectivity index (χ1n) is 17.6. The molecule has 0 radical (unpaired) electrons. The maximum atomic E-state index is 13.4. The molecular formula is C34H48N10O8S. The number of hydrogen-bond donors (Lipinski definition) is 8. The molecule has 10 atom stereocenters. The molecule has 2 aliphatic carbocycles. The minimum atomic E-state index is -3.82. The number of aliphatic hydroxyl groups excluding tert-OH is 4. The van der Waals surface area contributed by atoms with Crippen LogP contribution in [0.15, 0.2) is 70.7 Å². The highest BCUT2D eigenvalue weighted by molar-refractivity contribution is 7.91. The zero-order chi connectivity index (χ0) is 37.9. The van der Waals surface area contributed by atoms with E-state index < -0.39 is 70.6 Å². The molecule has 288 valence electrons. The Bertz CT molecular complexity index is 1760. The summed E-state index contributed by atoms with van der Waals surface area (Å²) in [6, 6.07) is 10.5. The van der Waals surface area contributed by atoms with Crippen LogP contribution in [0.5, 0.6) is 0 Å². The highest BCUT2D eigenvalue weighted by Crippen LogP contribution is 2.25. The maximum Gasteiger partial charge on any atom is 0.206 e. The fraction of sp³-hybridized carbons (Fsp3) is 0.529. The second-order valence-corrected chi connectivity index (χ2v) is 15.7. The van der Waals surface area contributed by atoms with E-state index in [1.807, 2.05) is 0 Å². The van der Waals surface area contributed by atoms with Gasteiger partial charge in [0.05, 0.1) is 57.2 Å². The van der Waals surface area contributed by atoms with Crippen molar-refractivity contribution in [2.24, 2.45) is 22.9 Å². The summed E-state index contributed by atoms with van der Waals surface area (Å²) in [5.74, 6) is 0. The number of nitrogens with two attached hydrogens (primary N) is 4. The van der Waals surface area contributed by atoms with Crippen LogP contribution in [0.1, 0.15) is 37.1 Å². The van der Waals surface area contributed by atoms with Crippen LogP contribution in [-0.4, -0.2) is 133 Å². The Morgan fingerprint density at radius 1 is 0.604 bits per heavy atom. The Kier molecular flexibility index (Phi) is 12.3. The summed E-state index contributed by atoms with van der Waals surface area (Å²) in [5, 5.41) is 57.3. The number of aryl methyl sites for hydroxylation is 2. The molecule has 0 spiro atoms. The number of aliphatic hydroxyl groups is 4. The number of aromatic nitrogens is 6. The van der Waals surface area contributed by atoms with E-state index in [-0.39, 0.29) is 9.79 Å². The Balaban J connectivity index is 0.979.